The maximum atomic E-state index is 12.7. The van der Waals surface area contributed by atoms with Gasteiger partial charge in [0.2, 0.25) is 0 Å². The molecular weight excluding hydrogens is 222 g/mol. The fourth-order valence-electron chi connectivity index (χ4n) is 1.00. The van der Waals surface area contributed by atoms with Crippen LogP contribution in [-0.4, -0.2) is 0 Å². The quantitative estimate of drug-likeness (QED) is 0.734. The first kappa shape index (κ1) is 11.3. The summed E-state index contributed by atoms with van der Waals surface area (Å²) >= 11 is 5.40. The SMILES string of the molecule is NCc1cc(F)cc(C(F)(F)F)c1Cl. The van der Waals surface area contributed by atoms with E-state index in [0.29, 0.717) is 6.07 Å². The van der Waals surface area contributed by atoms with E-state index in [1.165, 1.54) is 0 Å². The fourth-order valence-corrected chi connectivity index (χ4v) is 1.29. The van der Waals surface area contributed by atoms with Crippen LogP contribution in [0.15, 0.2) is 12.1 Å². The highest BCUT2D eigenvalue weighted by atomic mass is 35.5. The van der Waals surface area contributed by atoms with E-state index in [2.05, 4.69) is 0 Å². The molecule has 1 nitrogen and oxygen atoms in total. The molecular formula is C8H6ClF4N. The summed E-state index contributed by atoms with van der Waals surface area (Å²) in [4.78, 5) is 0. The zero-order valence-electron chi connectivity index (χ0n) is 6.83. The molecule has 0 saturated carbocycles. The van der Waals surface area contributed by atoms with Crippen molar-refractivity contribution in [1.29, 1.82) is 0 Å². The summed E-state index contributed by atoms with van der Waals surface area (Å²) in [7, 11) is 0. The van der Waals surface area contributed by atoms with E-state index < -0.39 is 22.6 Å². The Morgan fingerprint density at radius 1 is 1.29 bits per heavy atom. The number of nitrogens with two attached hydrogens (primary N) is 1. The van der Waals surface area contributed by atoms with Crippen LogP contribution in [0.25, 0.3) is 0 Å². The summed E-state index contributed by atoms with van der Waals surface area (Å²) in [5, 5.41) is -0.540. The van der Waals surface area contributed by atoms with Crippen LogP contribution < -0.4 is 5.73 Å². The van der Waals surface area contributed by atoms with Crippen molar-refractivity contribution in [2.45, 2.75) is 12.7 Å². The first-order valence-corrected chi connectivity index (χ1v) is 3.99. The van der Waals surface area contributed by atoms with E-state index in [1.54, 1.807) is 0 Å². The third-order valence-electron chi connectivity index (χ3n) is 1.64. The number of halogens is 5. The summed E-state index contributed by atoms with van der Waals surface area (Å²) < 4.78 is 49.5. The molecule has 78 valence electrons. The van der Waals surface area contributed by atoms with Gasteiger partial charge in [-0.05, 0) is 17.7 Å². The van der Waals surface area contributed by atoms with Gasteiger partial charge in [0.15, 0.2) is 0 Å². The molecule has 0 atom stereocenters. The minimum absolute atomic E-state index is 0.0565. The Labute approximate surface area is 82.5 Å². The number of alkyl halides is 3. The van der Waals surface area contributed by atoms with Crippen molar-refractivity contribution in [2.24, 2.45) is 5.73 Å². The molecule has 0 spiro atoms. The van der Waals surface area contributed by atoms with Crippen molar-refractivity contribution >= 4 is 11.6 Å². The minimum atomic E-state index is -4.66. The molecule has 0 heterocycles. The smallest absolute Gasteiger partial charge is 0.326 e. The molecule has 1 rings (SSSR count). The van der Waals surface area contributed by atoms with Crippen LogP contribution in [0.5, 0.6) is 0 Å². The average molecular weight is 228 g/mol. The lowest BCUT2D eigenvalue weighted by Crippen LogP contribution is -2.09. The van der Waals surface area contributed by atoms with E-state index in [-0.39, 0.29) is 12.1 Å². The molecule has 0 amide bonds. The second kappa shape index (κ2) is 3.74. The molecule has 6 heteroatoms. The predicted octanol–water partition coefficient (Wildman–Crippen LogP) is 2.96. The lowest BCUT2D eigenvalue weighted by Gasteiger charge is -2.11. The van der Waals surface area contributed by atoms with Gasteiger partial charge >= 0.3 is 6.18 Å². The molecule has 0 aromatic heterocycles. The highest BCUT2D eigenvalue weighted by Crippen LogP contribution is 2.36. The van der Waals surface area contributed by atoms with Gasteiger partial charge in [0.25, 0.3) is 0 Å². The zero-order valence-corrected chi connectivity index (χ0v) is 7.58. The predicted molar refractivity (Wildman–Crippen MR) is 44.3 cm³/mol. The summed E-state index contributed by atoms with van der Waals surface area (Å²) in [5.41, 5.74) is 3.86. The number of rotatable bonds is 1. The lowest BCUT2D eigenvalue weighted by molar-refractivity contribution is -0.137. The molecule has 14 heavy (non-hydrogen) atoms. The monoisotopic (exact) mass is 227 g/mol. The van der Waals surface area contributed by atoms with Crippen LogP contribution in [0.1, 0.15) is 11.1 Å². The number of hydrogen-bond acceptors (Lipinski definition) is 1. The molecule has 0 aliphatic carbocycles. The molecule has 0 bridgehead atoms. The summed E-state index contributed by atoms with van der Waals surface area (Å²) in [6.45, 7) is -0.236. The molecule has 0 saturated heterocycles. The molecule has 0 radical (unpaired) electrons. The minimum Gasteiger partial charge on any atom is -0.326 e. The van der Waals surface area contributed by atoms with Crippen LogP contribution in [0.2, 0.25) is 5.02 Å². The zero-order chi connectivity index (χ0) is 10.9. The van der Waals surface area contributed by atoms with Crippen LogP contribution in [-0.2, 0) is 12.7 Å². The van der Waals surface area contributed by atoms with Gasteiger partial charge in [-0.1, -0.05) is 11.6 Å². The Balaban J connectivity index is 3.37. The van der Waals surface area contributed by atoms with Crippen molar-refractivity contribution < 1.29 is 17.6 Å². The van der Waals surface area contributed by atoms with Crippen molar-refractivity contribution in [2.75, 3.05) is 0 Å². The second-order valence-electron chi connectivity index (χ2n) is 2.63. The van der Waals surface area contributed by atoms with E-state index >= 15 is 0 Å². The van der Waals surface area contributed by atoms with Gasteiger partial charge in [-0.3, -0.25) is 0 Å². The van der Waals surface area contributed by atoms with Gasteiger partial charge in [-0.15, -0.1) is 0 Å². The molecule has 2 N–H and O–H groups in total. The summed E-state index contributed by atoms with van der Waals surface area (Å²) in [6, 6.07) is 1.24. The summed E-state index contributed by atoms with van der Waals surface area (Å²) in [6.07, 6.45) is -4.66. The topological polar surface area (TPSA) is 26.0 Å². The normalized spacial score (nSPS) is 11.9. The highest BCUT2D eigenvalue weighted by molar-refractivity contribution is 6.32. The average Bonchev–Trinajstić information content (AvgIpc) is 2.06. The maximum Gasteiger partial charge on any atom is 0.417 e. The Morgan fingerprint density at radius 3 is 2.29 bits per heavy atom. The molecule has 0 unspecified atom stereocenters. The molecule has 0 aliphatic heterocycles. The van der Waals surface area contributed by atoms with Gasteiger partial charge < -0.3 is 5.73 Å². The van der Waals surface area contributed by atoms with Crippen LogP contribution in [0.4, 0.5) is 17.6 Å². The number of benzene rings is 1. The van der Waals surface area contributed by atoms with Crippen molar-refractivity contribution in [3.05, 3.63) is 34.1 Å². The lowest BCUT2D eigenvalue weighted by atomic mass is 10.1. The van der Waals surface area contributed by atoms with E-state index in [0.717, 1.165) is 6.07 Å². The van der Waals surface area contributed by atoms with Gasteiger partial charge in [-0.25, -0.2) is 4.39 Å². The Hall–Kier alpha value is -0.810. The van der Waals surface area contributed by atoms with Gasteiger partial charge in [0.05, 0.1) is 10.6 Å². The first-order chi connectivity index (χ1) is 6.36. The Bertz CT molecular complexity index is 348. The fraction of sp³-hybridized carbons (Fsp3) is 0.250. The van der Waals surface area contributed by atoms with Gasteiger partial charge in [0, 0.05) is 6.54 Å². The molecule has 1 aromatic rings. The molecule has 1 aromatic carbocycles. The Morgan fingerprint density at radius 2 is 1.86 bits per heavy atom. The summed E-state index contributed by atoms with van der Waals surface area (Å²) in [5.74, 6) is -0.998. The van der Waals surface area contributed by atoms with Crippen LogP contribution in [0, 0.1) is 5.82 Å². The maximum absolute atomic E-state index is 12.7. The van der Waals surface area contributed by atoms with E-state index in [1.807, 2.05) is 0 Å². The second-order valence-corrected chi connectivity index (χ2v) is 3.01. The van der Waals surface area contributed by atoms with E-state index in [4.69, 9.17) is 17.3 Å². The Kier molecular flexibility index (Phi) is 3.01. The third-order valence-corrected chi connectivity index (χ3v) is 2.08. The molecule has 0 fully saturated rings. The highest BCUT2D eigenvalue weighted by Gasteiger charge is 2.34. The van der Waals surface area contributed by atoms with Gasteiger partial charge in [-0.2, -0.15) is 13.2 Å². The van der Waals surface area contributed by atoms with Crippen molar-refractivity contribution in [3.8, 4) is 0 Å². The standard InChI is InChI=1S/C8H6ClF4N/c9-7-4(3-14)1-5(10)2-6(7)8(11,12)13/h1-2H,3,14H2. The van der Waals surface area contributed by atoms with Crippen molar-refractivity contribution in [1.82, 2.24) is 0 Å². The molecule has 0 aliphatic rings. The third kappa shape index (κ3) is 2.16. The van der Waals surface area contributed by atoms with Gasteiger partial charge in [0.1, 0.15) is 5.82 Å². The number of hydrogen-bond donors (Lipinski definition) is 1. The van der Waals surface area contributed by atoms with Crippen LogP contribution >= 0.6 is 11.6 Å². The first-order valence-electron chi connectivity index (χ1n) is 3.61. The largest absolute Gasteiger partial charge is 0.417 e. The van der Waals surface area contributed by atoms with Crippen LogP contribution in [0.3, 0.4) is 0 Å². The van der Waals surface area contributed by atoms with Crippen molar-refractivity contribution in [3.63, 3.8) is 0 Å². The van der Waals surface area contributed by atoms with E-state index in [9.17, 15) is 17.6 Å².